The lowest BCUT2D eigenvalue weighted by Gasteiger charge is -1.97. The Morgan fingerprint density at radius 1 is 1.12 bits per heavy atom. The van der Waals surface area contributed by atoms with Crippen molar-refractivity contribution in [2.45, 2.75) is 0 Å². The van der Waals surface area contributed by atoms with Crippen LogP contribution in [0.4, 0.5) is 13.2 Å². The van der Waals surface area contributed by atoms with Gasteiger partial charge in [-0.05, 0) is 12.1 Å². The number of benzene rings is 1. The minimum Gasteiger partial charge on any atom is -0.264 e. The fraction of sp³-hybridized carbons (Fsp3) is 0. The summed E-state index contributed by atoms with van der Waals surface area (Å²) in [5.41, 5.74) is -0.0381. The first-order chi connectivity index (χ1) is 7.16. The summed E-state index contributed by atoms with van der Waals surface area (Å²) in [5, 5.41) is 0. The van der Waals surface area contributed by atoms with Gasteiger partial charge in [0.25, 0.3) is 0 Å². The molecule has 0 aliphatic heterocycles. The van der Waals surface area contributed by atoms with E-state index in [0.29, 0.717) is 0 Å². The second kappa shape index (κ2) is 5.64. The molecule has 0 saturated carbocycles. The molecule has 8 heteroatoms. The van der Waals surface area contributed by atoms with Gasteiger partial charge in [0.05, 0.1) is 0 Å². The van der Waals surface area contributed by atoms with Gasteiger partial charge in [-0.2, -0.15) is 8.42 Å². The zero-order chi connectivity index (χ0) is 12.9. The van der Waals surface area contributed by atoms with Crippen molar-refractivity contribution < 1.29 is 30.7 Å². The van der Waals surface area contributed by atoms with Gasteiger partial charge in [0.2, 0.25) is 0 Å². The second-order valence-corrected chi connectivity index (χ2v) is 3.31. The zero-order valence-corrected chi connectivity index (χ0v) is 8.51. The largest absolute Gasteiger partial charge is 0.394 e. The summed E-state index contributed by atoms with van der Waals surface area (Å²) in [6.07, 6.45) is 1.12. The van der Waals surface area contributed by atoms with E-state index in [4.69, 9.17) is 17.5 Å². The molecule has 1 rings (SSSR count). The molecule has 0 spiro atoms. The van der Waals surface area contributed by atoms with Gasteiger partial charge < -0.3 is 0 Å². The van der Waals surface area contributed by atoms with Gasteiger partial charge in [-0.25, -0.2) is 13.2 Å². The SMILES string of the molecule is C=Cc1ccc(F)c(F)c1F.O=S(=O)(O)O. The maximum atomic E-state index is 12.6. The third kappa shape index (κ3) is 5.49. The predicted molar refractivity (Wildman–Crippen MR) is 50.6 cm³/mol. The minimum atomic E-state index is -4.67. The van der Waals surface area contributed by atoms with E-state index in [0.717, 1.165) is 18.2 Å². The normalized spacial score (nSPS) is 10.3. The molecule has 0 saturated heterocycles. The van der Waals surface area contributed by atoms with E-state index < -0.39 is 27.9 Å². The quantitative estimate of drug-likeness (QED) is 0.596. The van der Waals surface area contributed by atoms with Crippen molar-refractivity contribution >= 4 is 16.5 Å². The molecule has 0 aliphatic carbocycles. The summed E-state index contributed by atoms with van der Waals surface area (Å²) < 4.78 is 68.8. The highest BCUT2D eigenvalue weighted by atomic mass is 32.3. The molecule has 0 radical (unpaired) electrons. The van der Waals surface area contributed by atoms with Crippen LogP contribution < -0.4 is 0 Å². The Morgan fingerprint density at radius 2 is 1.56 bits per heavy atom. The monoisotopic (exact) mass is 256 g/mol. The molecule has 4 nitrogen and oxygen atoms in total. The Labute approximate surface area is 89.6 Å². The second-order valence-electron chi connectivity index (χ2n) is 2.42. The van der Waals surface area contributed by atoms with E-state index in [2.05, 4.69) is 6.58 Å². The van der Waals surface area contributed by atoms with Crippen molar-refractivity contribution in [1.29, 1.82) is 0 Å². The van der Waals surface area contributed by atoms with Crippen LogP contribution in [-0.4, -0.2) is 17.5 Å². The van der Waals surface area contributed by atoms with Crippen molar-refractivity contribution in [2.24, 2.45) is 0 Å². The molecule has 0 bridgehead atoms. The first-order valence-electron chi connectivity index (χ1n) is 3.62. The molecule has 0 aromatic heterocycles. The van der Waals surface area contributed by atoms with E-state index in [-0.39, 0.29) is 5.56 Å². The van der Waals surface area contributed by atoms with E-state index in [1.807, 2.05) is 0 Å². The molecular formula is C8H7F3O4S. The molecule has 0 amide bonds. The van der Waals surface area contributed by atoms with Gasteiger partial charge in [0.15, 0.2) is 17.5 Å². The average Bonchev–Trinajstić information content (AvgIpc) is 2.12. The smallest absolute Gasteiger partial charge is 0.264 e. The maximum Gasteiger partial charge on any atom is 0.394 e. The van der Waals surface area contributed by atoms with Crippen LogP contribution in [0.5, 0.6) is 0 Å². The van der Waals surface area contributed by atoms with E-state index in [1.54, 1.807) is 0 Å². The third-order valence-electron chi connectivity index (χ3n) is 1.28. The molecule has 1 aromatic rings. The fourth-order valence-electron chi connectivity index (χ4n) is 0.698. The summed E-state index contributed by atoms with van der Waals surface area (Å²) in [4.78, 5) is 0. The van der Waals surface area contributed by atoms with E-state index in [1.165, 1.54) is 0 Å². The van der Waals surface area contributed by atoms with Crippen LogP contribution in [0.3, 0.4) is 0 Å². The lowest BCUT2D eigenvalue weighted by atomic mass is 10.2. The summed E-state index contributed by atoms with van der Waals surface area (Å²) in [7, 11) is -4.67. The molecule has 90 valence electrons. The molecule has 16 heavy (non-hydrogen) atoms. The van der Waals surface area contributed by atoms with Crippen LogP contribution >= 0.6 is 0 Å². The zero-order valence-electron chi connectivity index (χ0n) is 7.69. The lowest BCUT2D eigenvalue weighted by molar-refractivity contribution is 0.381. The minimum absolute atomic E-state index is 0.0381. The molecule has 0 unspecified atom stereocenters. The van der Waals surface area contributed by atoms with Crippen LogP contribution in [0.2, 0.25) is 0 Å². The molecule has 0 atom stereocenters. The Kier molecular flexibility index (Phi) is 5.15. The van der Waals surface area contributed by atoms with Crippen LogP contribution in [0.15, 0.2) is 18.7 Å². The van der Waals surface area contributed by atoms with Gasteiger partial charge in [0, 0.05) is 5.56 Å². The average molecular weight is 256 g/mol. The number of hydrogen-bond donors (Lipinski definition) is 2. The highest BCUT2D eigenvalue weighted by Gasteiger charge is 2.10. The topological polar surface area (TPSA) is 74.6 Å². The Bertz CT molecular complexity index is 476. The Morgan fingerprint density at radius 3 is 1.94 bits per heavy atom. The summed E-state index contributed by atoms with van der Waals surface area (Å²) in [5.74, 6) is -3.84. The van der Waals surface area contributed by atoms with Gasteiger partial charge in [-0.3, -0.25) is 9.11 Å². The van der Waals surface area contributed by atoms with Gasteiger partial charge in [0.1, 0.15) is 0 Å². The molecule has 0 aliphatic rings. The Hall–Kier alpha value is -1.38. The van der Waals surface area contributed by atoms with Gasteiger partial charge in [-0.15, -0.1) is 0 Å². The third-order valence-corrected chi connectivity index (χ3v) is 1.28. The van der Waals surface area contributed by atoms with Crippen LogP contribution in [0, 0.1) is 17.5 Å². The molecule has 2 N–H and O–H groups in total. The van der Waals surface area contributed by atoms with E-state index in [9.17, 15) is 13.2 Å². The first kappa shape index (κ1) is 14.6. The Balaban J connectivity index is 0.000000385. The van der Waals surface area contributed by atoms with Gasteiger partial charge >= 0.3 is 10.4 Å². The number of rotatable bonds is 1. The van der Waals surface area contributed by atoms with Crippen molar-refractivity contribution in [3.63, 3.8) is 0 Å². The summed E-state index contributed by atoms with van der Waals surface area (Å²) >= 11 is 0. The maximum absolute atomic E-state index is 12.6. The van der Waals surface area contributed by atoms with Crippen molar-refractivity contribution in [3.8, 4) is 0 Å². The van der Waals surface area contributed by atoms with Crippen molar-refractivity contribution in [2.75, 3.05) is 0 Å². The first-order valence-corrected chi connectivity index (χ1v) is 5.02. The lowest BCUT2D eigenvalue weighted by Crippen LogP contribution is -1.92. The van der Waals surface area contributed by atoms with E-state index >= 15 is 0 Å². The summed E-state index contributed by atoms with van der Waals surface area (Å²) in [6, 6.07) is 1.98. The van der Waals surface area contributed by atoms with Crippen LogP contribution in [-0.2, 0) is 10.4 Å². The highest BCUT2D eigenvalue weighted by molar-refractivity contribution is 7.79. The molecule has 1 aromatic carbocycles. The van der Waals surface area contributed by atoms with Crippen LogP contribution in [0.1, 0.15) is 5.56 Å². The highest BCUT2D eigenvalue weighted by Crippen LogP contribution is 2.15. The van der Waals surface area contributed by atoms with Crippen molar-refractivity contribution in [1.82, 2.24) is 0 Å². The van der Waals surface area contributed by atoms with Crippen LogP contribution in [0.25, 0.3) is 6.08 Å². The molecule has 0 heterocycles. The predicted octanol–water partition coefficient (Wildman–Crippen LogP) is 2.09. The van der Waals surface area contributed by atoms with Crippen molar-refractivity contribution in [3.05, 3.63) is 41.7 Å². The molecular weight excluding hydrogens is 249 g/mol. The number of halogens is 3. The number of hydrogen-bond acceptors (Lipinski definition) is 2. The van der Waals surface area contributed by atoms with Gasteiger partial charge in [-0.1, -0.05) is 12.7 Å². The summed E-state index contributed by atoms with van der Waals surface area (Å²) in [6.45, 7) is 3.23. The standard InChI is InChI=1S/C8H5F3.H2O4S/c1-2-5-3-4-6(9)8(11)7(5)10;1-5(2,3)4/h2-4H,1H2;(H2,1,2,3,4). The molecule has 0 fully saturated rings. The fourth-order valence-corrected chi connectivity index (χ4v) is 0.698.